The van der Waals surface area contributed by atoms with Crippen LogP contribution >= 0.6 is 11.3 Å². The summed E-state index contributed by atoms with van der Waals surface area (Å²) in [6.45, 7) is 5.29. The summed E-state index contributed by atoms with van der Waals surface area (Å²) in [5.41, 5.74) is 8.10. The first-order valence-electron chi connectivity index (χ1n) is 3.69. The van der Waals surface area contributed by atoms with E-state index in [9.17, 15) is 4.79 Å². The van der Waals surface area contributed by atoms with Gasteiger partial charge < -0.3 is 5.73 Å². The van der Waals surface area contributed by atoms with Crippen LogP contribution in [0.1, 0.15) is 17.5 Å². The van der Waals surface area contributed by atoms with Crippen molar-refractivity contribution in [3.8, 4) is 0 Å². The minimum atomic E-state index is -0.414. The van der Waals surface area contributed by atoms with Crippen molar-refractivity contribution < 1.29 is 4.79 Å². The fourth-order valence-electron chi connectivity index (χ4n) is 0.793. The van der Waals surface area contributed by atoms with Crippen LogP contribution in [0.3, 0.4) is 0 Å². The van der Waals surface area contributed by atoms with E-state index in [1.807, 2.05) is 0 Å². The highest BCUT2D eigenvalue weighted by Crippen LogP contribution is 2.17. The fraction of sp³-hybridized carbons (Fsp3) is 0.111. The van der Waals surface area contributed by atoms with Gasteiger partial charge in [0.05, 0.1) is 16.1 Å². The van der Waals surface area contributed by atoms with E-state index in [0.29, 0.717) is 5.57 Å². The van der Waals surface area contributed by atoms with Gasteiger partial charge in [0, 0.05) is 5.57 Å². The molecule has 0 bridgehead atoms. The van der Waals surface area contributed by atoms with Crippen molar-refractivity contribution in [2.75, 3.05) is 0 Å². The molecule has 1 amide bonds. The molecule has 1 rings (SSSR count). The SMILES string of the molecule is C=Cc1ncsc1/C=C(\C)C(N)=O. The van der Waals surface area contributed by atoms with Crippen LogP contribution < -0.4 is 5.73 Å². The monoisotopic (exact) mass is 194 g/mol. The second-order valence-corrected chi connectivity index (χ2v) is 3.38. The third kappa shape index (κ3) is 2.26. The molecule has 13 heavy (non-hydrogen) atoms. The van der Waals surface area contributed by atoms with E-state index < -0.39 is 5.91 Å². The first kappa shape index (κ1) is 9.67. The Labute approximate surface area is 80.6 Å². The largest absolute Gasteiger partial charge is 0.366 e. The molecule has 68 valence electrons. The summed E-state index contributed by atoms with van der Waals surface area (Å²) in [5.74, 6) is -0.414. The van der Waals surface area contributed by atoms with Crippen LogP contribution in [0.4, 0.5) is 0 Å². The van der Waals surface area contributed by atoms with E-state index in [2.05, 4.69) is 11.6 Å². The Bertz CT molecular complexity index is 365. The molecule has 2 N–H and O–H groups in total. The molecule has 1 aromatic rings. The second kappa shape index (κ2) is 4.00. The summed E-state index contributed by atoms with van der Waals surface area (Å²) in [4.78, 5) is 15.7. The number of nitrogens with zero attached hydrogens (tertiary/aromatic N) is 1. The number of hydrogen-bond donors (Lipinski definition) is 1. The lowest BCUT2D eigenvalue weighted by Crippen LogP contribution is -2.11. The Kier molecular flexibility index (Phi) is 2.97. The highest BCUT2D eigenvalue weighted by Gasteiger charge is 2.02. The maximum atomic E-state index is 10.7. The molecule has 0 spiro atoms. The number of aromatic nitrogens is 1. The summed E-state index contributed by atoms with van der Waals surface area (Å²) in [6.07, 6.45) is 3.37. The van der Waals surface area contributed by atoms with Crippen LogP contribution in [0.5, 0.6) is 0 Å². The molecule has 1 heterocycles. The highest BCUT2D eigenvalue weighted by molar-refractivity contribution is 7.10. The summed E-state index contributed by atoms with van der Waals surface area (Å²) in [5, 5.41) is 0. The van der Waals surface area contributed by atoms with Gasteiger partial charge in [-0.1, -0.05) is 6.58 Å². The van der Waals surface area contributed by atoms with Gasteiger partial charge >= 0.3 is 0 Å². The summed E-state index contributed by atoms with van der Waals surface area (Å²) in [6, 6.07) is 0. The number of thiazole rings is 1. The number of primary amides is 1. The molecule has 3 nitrogen and oxygen atoms in total. The zero-order valence-electron chi connectivity index (χ0n) is 7.28. The number of hydrogen-bond acceptors (Lipinski definition) is 3. The fourth-order valence-corrected chi connectivity index (χ4v) is 1.57. The van der Waals surface area contributed by atoms with Gasteiger partial charge in [-0.15, -0.1) is 11.3 Å². The predicted octanol–water partition coefficient (Wildman–Crippen LogP) is 1.67. The molecule has 1 aromatic heterocycles. The standard InChI is InChI=1S/C9H10N2OS/c1-3-7-8(13-5-11-7)4-6(2)9(10)12/h3-5H,1H2,2H3,(H2,10,12)/b6-4+. The van der Waals surface area contributed by atoms with E-state index in [1.165, 1.54) is 11.3 Å². The number of carbonyl (C=O) groups is 1. The summed E-state index contributed by atoms with van der Waals surface area (Å²) in [7, 11) is 0. The molecule has 4 heteroatoms. The van der Waals surface area contributed by atoms with Gasteiger partial charge in [-0.2, -0.15) is 0 Å². The minimum absolute atomic E-state index is 0.414. The first-order chi connectivity index (χ1) is 6.15. The molecule has 0 aliphatic rings. The molecule has 0 fully saturated rings. The van der Waals surface area contributed by atoms with Gasteiger partial charge in [0.25, 0.3) is 0 Å². The van der Waals surface area contributed by atoms with Crippen LogP contribution in [0.25, 0.3) is 12.2 Å². The van der Waals surface area contributed by atoms with E-state index in [1.54, 1.807) is 24.6 Å². The third-order valence-electron chi connectivity index (χ3n) is 1.55. The maximum Gasteiger partial charge on any atom is 0.244 e. The highest BCUT2D eigenvalue weighted by atomic mass is 32.1. The molecule has 0 aliphatic heterocycles. The Morgan fingerprint density at radius 3 is 3.00 bits per heavy atom. The quantitative estimate of drug-likeness (QED) is 0.744. The summed E-state index contributed by atoms with van der Waals surface area (Å²) < 4.78 is 0. The lowest BCUT2D eigenvalue weighted by Gasteiger charge is -1.93. The van der Waals surface area contributed by atoms with E-state index in [-0.39, 0.29) is 0 Å². The van der Waals surface area contributed by atoms with Gasteiger partial charge in [-0.05, 0) is 19.1 Å². The van der Waals surface area contributed by atoms with Gasteiger partial charge in [0.2, 0.25) is 5.91 Å². The number of amides is 1. The van der Waals surface area contributed by atoms with Crippen molar-refractivity contribution in [2.45, 2.75) is 6.92 Å². The van der Waals surface area contributed by atoms with Crippen molar-refractivity contribution in [3.05, 3.63) is 28.2 Å². The van der Waals surface area contributed by atoms with Gasteiger partial charge in [0.1, 0.15) is 0 Å². The normalized spacial score (nSPS) is 11.3. The number of nitrogens with two attached hydrogens (primary N) is 1. The van der Waals surface area contributed by atoms with Gasteiger partial charge in [0.15, 0.2) is 0 Å². The van der Waals surface area contributed by atoms with Gasteiger partial charge in [-0.3, -0.25) is 4.79 Å². The third-order valence-corrected chi connectivity index (χ3v) is 2.35. The minimum Gasteiger partial charge on any atom is -0.366 e. The van der Waals surface area contributed by atoms with Crippen LogP contribution in [0.2, 0.25) is 0 Å². The molecule has 0 aromatic carbocycles. The zero-order chi connectivity index (χ0) is 9.84. The van der Waals surface area contributed by atoms with Gasteiger partial charge in [-0.25, -0.2) is 4.98 Å². The Balaban J connectivity index is 3.03. The van der Waals surface area contributed by atoms with Crippen LogP contribution in [0.15, 0.2) is 17.7 Å². The molecular formula is C9H10N2OS. The predicted molar refractivity (Wildman–Crippen MR) is 55.1 cm³/mol. The van der Waals surface area contributed by atoms with Crippen molar-refractivity contribution in [3.63, 3.8) is 0 Å². The van der Waals surface area contributed by atoms with Crippen LogP contribution in [-0.4, -0.2) is 10.9 Å². The molecule has 0 aliphatic carbocycles. The lowest BCUT2D eigenvalue weighted by atomic mass is 10.2. The van der Waals surface area contributed by atoms with E-state index in [0.717, 1.165) is 10.6 Å². The average molecular weight is 194 g/mol. The maximum absolute atomic E-state index is 10.7. The van der Waals surface area contributed by atoms with Crippen molar-refractivity contribution in [1.29, 1.82) is 0 Å². The van der Waals surface area contributed by atoms with Crippen molar-refractivity contribution in [1.82, 2.24) is 4.98 Å². The van der Waals surface area contributed by atoms with Crippen molar-refractivity contribution in [2.24, 2.45) is 5.73 Å². The zero-order valence-corrected chi connectivity index (χ0v) is 8.10. The van der Waals surface area contributed by atoms with E-state index in [4.69, 9.17) is 5.73 Å². The summed E-state index contributed by atoms with van der Waals surface area (Å²) >= 11 is 1.45. The number of rotatable bonds is 3. The first-order valence-corrected chi connectivity index (χ1v) is 4.57. The van der Waals surface area contributed by atoms with Crippen LogP contribution in [0, 0.1) is 0 Å². The Morgan fingerprint density at radius 1 is 1.77 bits per heavy atom. The van der Waals surface area contributed by atoms with Crippen molar-refractivity contribution >= 4 is 29.4 Å². The van der Waals surface area contributed by atoms with Crippen LogP contribution in [-0.2, 0) is 4.79 Å². The molecule has 0 atom stereocenters. The Morgan fingerprint density at radius 2 is 2.46 bits per heavy atom. The molecular weight excluding hydrogens is 184 g/mol. The smallest absolute Gasteiger partial charge is 0.244 e. The average Bonchev–Trinajstić information content (AvgIpc) is 2.51. The second-order valence-electron chi connectivity index (χ2n) is 2.50. The van der Waals surface area contributed by atoms with E-state index >= 15 is 0 Å². The topological polar surface area (TPSA) is 56.0 Å². The number of carbonyl (C=O) groups excluding carboxylic acids is 1. The Hall–Kier alpha value is -1.42. The molecule has 0 unspecified atom stereocenters. The molecule has 0 saturated carbocycles. The molecule has 0 saturated heterocycles. The lowest BCUT2D eigenvalue weighted by molar-refractivity contribution is -0.114. The molecule has 0 radical (unpaired) electrons.